The molecule has 0 aromatic carbocycles. The average Bonchev–Trinajstić information content (AvgIpc) is 2.32. The van der Waals surface area contributed by atoms with Crippen LogP contribution in [0.3, 0.4) is 0 Å². The van der Waals surface area contributed by atoms with Crippen molar-refractivity contribution in [2.45, 2.75) is 39.5 Å². The first-order chi connectivity index (χ1) is 5.52. The molecule has 0 amide bonds. The first-order valence-electron chi connectivity index (χ1n) is 4.48. The fourth-order valence-electron chi connectivity index (χ4n) is 1.47. The molecule has 1 nitrogen and oxygen atoms in total. The van der Waals surface area contributed by atoms with Crippen molar-refractivity contribution in [2.75, 3.05) is 0 Å². The van der Waals surface area contributed by atoms with Gasteiger partial charge in [0.25, 0.3) is 0 Å². The monoisotopic (exact) mass is 299 g/mol. The molecule has 0 aromatic rings. The number of allylic oxidation sites excluding steroid dienone is 4. The molecule has 0 atom stereocenters. The van der Waals surface area contributed by atoms with Gasteiger partial charge >= 0.3 is 21.7 Å². The van der Waals surface area contributed by atoms with E-state index >= 15 is 0 Å². The molecule has 0 unspecified atom stereocenters. The van der Waals surface area contributed by atoms with Gasteiger partial charge in [-0.05, 0) is 26.9 Å². The van der Waals surface area contributed by atoms with Gasteiger partial charge < -0.3 is 29.2 Å². The standard InChI is InChI=1S/C10H17OSi.2ClH.Ti/c1-9(2)11-12(3,4)10-7-5-6-8-10;;;/h5,7,9H,6H2,1-4H3;2*1H;/q-1;;;+3/p-2. The quantitative estimate of drug-likeness (QED) is 0.395. The molecule has 85 valence electrons. The second kappa shape index (κ2) is 9.03. The Morgan fingerprint density at radius 3 is 2.20 bits per heavy atom. The molecule has 0 spiro atoms. The molecule has 0 bridgehead atoms. The van der Waals surface area contributed by atoms with Crippen molar-refractivity contribution in [1.29, 1.82) is 0 Å². The van der Waals surface area contributed by atoms with E-state index in [-0.39, 0.29) is 46.5 Å². The third-order valence-electron chi connectivity index (χ3n) is 1.87. The van der Waals surface area contributed by atoms with Crippen LogP contribution in [0.4, 0.5) is 0 Å². The number of rotatable bonds is 3. The van der Waals surface area contributed by atoms with Crippen molar-refractivity contribution in [3.8, 4) is 0 Å². The predicted octanol–water partition coefficient (Wildman–Crippen LogP) is -3.15. The molecular formula is C10H17Cl2OSiTi. The summed E-state index contributed by atoms with van der Waals surface area (Å²) in [6.07, 6.45) is 8.95. The van der Waals surface area contributed by atoms with Crippen LogP contribution in [0.2, 0.25) is 13.1 Å². The summed E-state index contributed by atoms with van der Waals surface area (Å²) in [5, 5.41) is 1.32. The van der Waals surface area contributed by atoms with Crippen molar-refractivity contribution in [2.24, 2.45) is 0 Å². The summed E-state index contributed by atoms with van der Waals surface area (Å²) in [5.41, 5.74) is 0. The van der Waals surface area contributed by atoms with Gasteiger partial charge in [-0.25, -0.2) is 11.3 Å². The summed E-state index contributed by atoms with van der Waals surface area (Å²) in [6, 6.07) is 0. The van der Waals surface area contributed by atoms with Crippen molar-refractivity contribution in [1.82, 2.24) is 0 Å². The van der Waals surface area contributed by atoms with Gasteiger partial charge in [-0.15, -0.1) is 6.42 Å². The largest absolute Gasteiger partial charge is 3.00 e. The van der Waals surface area contributed by atoms with Crippen molar-refractivity contribution in [3.63, 3.8) is 0 Å². The fraction of sp³-hybridized carbons (Fsp3) is 0.600. The first kappa shape index (κ1) is 21.3. The van der Waals surface area contributed by atoms with Crippen molar-refractivity contribution < 1.29 is 51.0 Å². The van der Waals surface area contributed by atoms with Crippen LogP contribution in [0.15, 0.2) is 17.3 Å². The molecule has 0 aromatic heterocycles. The van der Waals surface area contributed by atoms with Crippen LogP contribution >= 0.6 is 0 Å². The minimum atomic E-state index is -1.61. The maximum Gasteiger partial charge on any atom is 3.00 e. The van der Waals surface area contributed by atoms with E-state index in [1.54, 1.807) is 0 Å². The Kier molecular flexibility index (Phi) is 12.8. The number of hydrogen-bond acceptors (Lipinski definition) is 1. The van der Waals surface area contributed by atoms with Gasteiger partial charge in [-0.2, -0.15) is 6.08 Å². The second-order valence-electron chi connectivity index (χ2n) is 3.87. The first-order valence-corrected chi connectivity index (χ1v) is 7.39. The molecule has 0 heterocycles. The van der Waals surface area contributed by atoms with Crippen LogP contribution in [0.5, 0.6) is 0 Å². The molecule has 1 aliphatic carbocycles. The minimum Gasteiger partial charge on any atom is -1.00 e. The Hall–Kier alpha value is 0.951. The van der Waals surface area contributed by atoms with Gasteiger partial charge in [0, 0.05) is 6.10 Å². The molecule has 1 radical (unpaired) electrons. The second-order valence-corrected chi connectivity index (χ2v) is 7.67. The topological polar surface area (TPSA) is 9.23 Å². The maximum atomic E-state index is 5.91. The fourth-order valence-corrected chi connectivity index (χ4v) is 3.82. The van der Waals surface area contributed by atoms with E-state index < -0.39 is 8.32 Å². The van der Waals surface area contributed by atoms with Crippen LogP contribution in [0.1, 0.15) is 20.3 Å². The molecule has 0 aliphatic heterocycles. The summed E-state index contributed by atoms with van der Waals surface area (Å²) in [6.45, 7) is 8.64. The van der Waals surface area contributed by atoms with Gasteiger partial charge in [0.2, 0.25) is 0 Å². The SMILES string of the molecule is CC(C)O[Si](C)(C)C1=[C-]CC=C1.[Cl-].[Cl-].[Ti+3]. The van der Waals surface area contributed by atoms with Crippen LogP contribution in [0.25, 0.3) is 0 Å². The van der Waals surface area contributed by atoms with E-state index in [1.807, 2.05) is 0 Å². The van der Waals surface area contributed by atoms with Gasteiger partial charge in [0.1, 0.15) is 0 Å². The maximum absolute atomic E-state index is 5.91. The molecule has 0 saturated carbocycles. The molecular weight excluding hydrogens is 283 g/mol. The van der Waals surface area contributed by atoms with Gasteiger partial charge in [-0.3, -0.25) is 6.08 Å². The smallest absolute Gasteiger partial charge is 1.00 e. The molecule has 15 heavy (non-hydrogen) atoms. The van der Waals surface area contributed by atoms with Crippen LogP contribution < -0.4 is 24.8 Å². The van der Waals surface area contributed by atoms with E-state index in [0.717, 1.165) is 6.42 Å². The molecule has 0 fully saturated rings. The van der Waals surface area contributed by atoms with Crippen molar-refractivity contribution in [3.05, 3.63) is 23.4 Å². The van der Waals surface area contributed by atoms with Crippen LogP contribution in [-0.4, -0.2) is 14.4 Å². The Balaban J connectivity index is -0.000000480. The van der Waals surface area contributed by atoms with E-state index in [0.29, 0.717) is 6.10 Å². The summed E-state index contributed by atoms with van der Waals surface area (Å²) < 4.78 is 5.91. The Labute approximate surface area is 122 Å². The molecule has 0 N–H and O–H groups in total. The third-order valence-corrected chi connectivity index (χ3v) is 4.58. The van der Waals surface area contributed by atoms with Gasteiger partial charge in [0.05, 0.1) is 0 Å². The van der Waals surface area contributed by atoms with E-state index in [2.05, 4.69) is 45.2 Å². The Morgan fingerprint density at radius 1 is 1.33 bits per heavy atom. The van der Waals surface area contributed by atoms with Gasteiger partial charge in [0.15, 0.2) is 8.32 Å². The molecule has 1 aliphatic rings. The van der Waals surface area contributed by atoms with Gasteiger partial charge in [-0.1, -0.05) is 0 Å². The summed E-state index contributed by atoms with van der Waals surface area (Å²) >= 11 is 0. The molecule has 0 saturated heterocycles. The summed E-state index contributed by atoms with van der Waals surface area (Å²) in [5.74, 6) is 0. The minimum absolute atomic E-state index is 0. The summed E-state index contributed by atoms with van der Waals surface area (Å²) in [7, 11) is -1.61. The number of halogens is 2. The normalized spacial score (nSPS) is 13.8. The zero-order valence-electron chi connectivity index (χ0n) is 9.60. The zero-order valence-corrected chi connectivity index (χ0v) is 13.7. The van der Waals surface area contributed by atoms with E-state index in [9.17, 15) is 0 Å². The zero-order chi connectivity index (χ0) is 9.19. The Bertz CT molecular complexity index is 227. The van der Waals surface area contributed by atoms with E-state index in [4.69, 9.17) is 4.43 Å². The molecule has 1 rings (SSSR count). The summed E-state index contributed by atoms with van der Waals surface area (Å²) in [4.78, 5) is 0. The van der Waals surface area contributed by atoms with Crippen LogP contribution in [-0.2, 0) is 26.1 Å². The predicted molar refractivity (Wildman–Crippen MR) is 54.2 cm³/mol. The molecule has 5 heteroatoms. The Morgan fingerprint density at radius 2 is 1.87 bits per heavy atom. The average molecular weight is 300 g/mol. The van der Waals surface area contributed by atoms with E-state index in [1.165, 1.54) is 5.20 Å². The third kappa shape index (κ3) is 6.98. The van der Waals surface area contributed by atoms with Crippen LogP contribution in [0, 0.1) is 6.08 Å². The van der Waals surface area contributed by atoms with Crippen molar-refractivity contribution >= 4 is 8.32 Å². The number of hydrogen-bond donors (Lipinski definition) is 0.